The van der Waals surface area contributed by atoms with Crippen molar-refractivity contribution in [3.05, 3.63) is 47.5 Å². The van der Waals surface area contributed by atoms with Gasteiger partial charge in [0.25, 0.3) is 5.91 Å². The quantitative estimate of drug-likeness (QED) is 0.808. The van der Waals surface area contributed by atoms with Crippen LogP contribution in [0.3, 0.4) is 0 Å². The maximum absolute atomic E-state index is 12.6. The number of hydrogen-bond acceptors (Lipinski definition) is 3. The van der Waals surface area contributed by atoms with Gasteiger partial charge in [0.2, 0.25) is 0 Å². The standard InChI is InChI=1S/C16H19N5O/c1-10(2)20-11(3)9-13(12(20)4)16(22)19-15-5-7-17-14-6-8-18-21(14)15/h5-10H,1-4H3,(H,19,22). The van der Waals surface area contributed by atoms with Gasteiger partial charge in [0.15, 0.2) is 5.65 Å². The van der Waals surface area contributed by atoms with Gasteiger partial charge >= 0.3 is 0 Å². The highest BCUT2D eigenvalue weighted by molar-refractivity contribution is 6.05. The van der Waals surface area contributed by atoms with E-state index in [9.17, 15) is 4.79 Å². The molecule has 0 atom stereocenters. The average molecular weight is 297 g/mol. The van der Waals surface area contributed by atoms with Gasteiger partial charge in [-0.05, 0) is 39.8 Å². The third kappa shape index (κ3) is 2.26. The summed E-state index contributed by atoms with van der Waals surface area (Å²) in [5, 5.41) is 7.09. The van der Waals surface area contributed by atoms with Crippen molar-refractivity contribution < 1.29 is 4.79 Å². The predicted molar refractivity (Wildman–Crippen MR) is 85.2 cm³/mol. The molecular weight excluding hydrogens is 278 g/mol. The minimum absolute atomic E-state index is 0.136. The van der Waals surface area contributed by atoms with Crippen LogP contribution in [-0.4, -0.2) is 25.1 Å². The molecule has 0 saturated heterocycles. The lowest BCUT2D eigenvalue weighted by molar-refractivity contribution is 0.102. The number of hydrogen-bond donors (Lipinski definition) is 1. The smallest absolute Gasteiger partial charge is 0.258 e. The molecule has 6 heteroatoms. The maximum Gasteiger partial charge on any atom is 0.258 e. The second kappa shape index (κ2) is 5.29. The highest BCUT2D eigenvalue weighted by atomic mass is 16.1. The van der Waals surface area contributed by atoms with Gasteiger partial charge in [-0.15, -0.1) is 0 Å². The molecule has 3 heterocycles. The molecule has 3 aromatic heterocycles. The molecule has 1 amide bonds. The van der Waals surface area contributed by atoms with Crippen molar-refractivity contribution in [3.8, 4) is 0 Å². The molecule has 1 N–H and O–H groups in total. The highest BCUT2D eigenvalue weighted by Crippen LogP contribution is 2.21. The van der Waals surface area contributed by atoms with Crippen molar-refractivity contribution in [1.29, 1.82) is 0 Å². The van der Waals surface area contributed by atoms with Gasteiger partial charge in [-0.1, -0.05) is 0 Å². The van der Waals surface area contributed by atoms with E-state index in [1.165, 1.54) is 0 Å². The normalized spacial score (nSPS) is 11.3. The first-order chi connectivity index (χ1) is 10.5. The molecule has 0 aromatic carbocycles. The van der Waals surface area contributed by atoms with Crippen LogP contribution in [0.25, 0.3) is 5.65 Å². The maximum atomic E-state index is 12.6. The number of nitrogens with zero attached hydrogens (tertiary/aromatic N) is 4. The van der Waals surface area contributed by atoms with Crippen LogP contribution in [0.1, 0.15) is 41.6 Å². The molecule has 0 aliphatic heterocycles. The lowest BCUT2D eigenvalue weighted by atomic mass is 10.2. The Balaban J connectivity index is 1.96. The van der Waals surface area contributed by atoms with Crippen molar-refractivity contribution in [3.63, 3.8) is 0 Å². The van der Waals surface area contributed by atoms with E-state index in [0.717, 1.165) is 11.4 Å². The summed E-state index contributed by atoms with van der Waals surface area (Å²) in [4.78, 5) is 16.8. The molecule has 0 unspecified atom stereocenters. The molecule has 0 bridgehead atoms. The summed E-state index contributed by atoms with van der Waals surface area (Å²) in [5.41, 5.74) is 3.43. The summed E-state index contributed by atoms with van der Waals surface area (Å²) in [6.45, 7) is 8.20. The lowest BCUT2D eigenvalue weighted by Gasteiger charge is -2.13. The summed E-state index contributed by atoms with van der Waals surface area (Å²) in [5.74, 6) is 0.470. The van der Waals surface area contributed by atoms with Gasteiger partial charge < -0.3 is 9.88 Å². The third-order valence-electron chi connectivity index (χ3n) is 3.78. The van der Waals surface area contributed by atoms with Crippen LogP contribution in [0.4, 0.5) is 5.82 Å². The number of anilines is 1. The van der Waals surface area contributed by atoms with Gasteiger partial charge in [-0.3, -0.25) is 4.79 Å². The number of carbonyl (C=O) groups excluding carboxylic acids is 1. The van der Waals surface area contributed by atoms with E-state index in [4.69, 9.17) is 0 Å². The Labute approximate surface area is 128 Å². The summed E-state index contributed by atoms with van der Waals surface area (Å²) in [6, 6.07) is 5.77. The topological polar surface area (TPSA) is 64.2 Å². The van der Waals surface area contributed by atoms with E-state index in [2.05, 4.69) is 33.8 Å². The van der Waals surface area contributed by atoms with Crippen molar-refractivity contribution >= 4 is 17.4 Å². The fourth-order valence-corrected chi connectivity index (χ4v) is 2.91. The van der Waals surface area contributed by atoms with E-state index in [0.29, 0.717) is 23.1 Å². The minimum Gasteiger partial charge on any atom is -0.346 e. The van der Waals surface area contributed by atoms with Gasteiger partial charge in [-0.2, -0.15) is 9.61 Å². The molecule has 0 radical (unpaired) electrons. The first kappa shape index (κ1) is 14.3. The van der Waals surface area contributed by atoms with E-state index >= 15 is 0 Å². The Bertz CT molecular complexity index is 843. The van der Waals surface area contributed by atoms with E-state index in [-0.39, 0.29) is 5.91 Å². The largest absolute Gasteiger partial charge is 0.346 e. The van der Waals surface area contributed by atoms with Crippen molar-refractivity contribution in [2.24, 2.45) is 0 Å². The Hall–Kier alpha value is -2.63. The summed E-state index contributed by atoms with van der Waals surface area (Å²) < 4.78 is 3.77. The number of amides is 1. The zero-order valence-corrected chi connectivity index (χ0v) is 13.2. The molecular formula is C16H19N5O. The van der Waals surface area contributed by atoms with E-state index in [1.54, 1.807) is 29.0 Å². The molecule has 6 nitrogen and oxygen atoms in total. The van der Waals surface area contributed by atoms with Crippen LogP contribution in [0.2, 0.25) is 0 Å². The number of rotatable bonds is 3. The average Bonchev–Trinajstić information content (AvgIpc) is 3.03. The van der Waals surface area contributed by atoms with Gasteiger partial charge in [0.1, 0.15) is 5.82 Å². The van der Waals surface area contributed by atoms with Crippen LogP contribution in [-0.2, 0) is 0 Å². The number of aromatic nitrogens is 4. The van der Waals surface area contributed by atoms with Crippen LogP contribution < -0.4 is 5.32 Å². The fraction of sp³-hybridized carbons (Fsp3) is 0.312. The van der Waals surface area contributed by atoms with Crippen LogP contribution >= 0.6 is 0 Å². The van der Waals surface area contributed by atoms with Crippen molar-refractivity contribution in [1.82, 2.24) is 19.2 Å². The van der Waals surface area contributed by atoms with Crippen LogP contribution in [0.15, 0.2) is 30.6 Å². The summed E-state index contributed by atoms with van der Waals surface area (Å²) in [7, 11) is 0. The molecule has 3 aromatic rings. The van der Waals surface area contributed by atoms with Crippen molar-refractivity contribution in [2.45, 2.75) is 33.7 Å². The zero-order valence-electron chi connectivity index (χ0n) is 13.2. The fourth-order valence-electron chi connectivity index (χ4n) is 2.91. The SMILES string of the molecule is Cc1cc(C(=O)Nc2ccnc3ccnn23)c(C)n1C(C)C. The molecule has 0 fully saturated rings. The highest BCUT2D eigenvalue weighted by Gasteiger charge is 2.18. The second-order valence-corrected chi connectivity index (χ2v) is 5.63. The molecule has 0 saturated carbocycles. The Kier molecular flexibility index (Phi) is 3.44. The van der Waals surface area contributed by atoms with Crippen LogP contribution in [0, 0.1) is 13.8 Å². The Morgan fingerprint density at radius 2 is 2.00 bits per heavy atom. The van der Waals surface area contributed by atoms with Crippen molar-refractivity contribution in [2.75, 3.05) is 5.32 Å². The van der Waals surface area contributed by atoms with Gasteiger partial charge in [-0.25, -0.2) is 4.98 Å². The predicted octanol–water partition coefficient (Wildman–Crippen LogP) is 2.98. The van der Waals surface area contributed by atoms with Crippen LogP contribution in [0.5, 0.6) is 0 Å². The monoisotopic (exact) mass is 297 g/mol. The van der Waals surface area contributed by atoms with Gasteiger partial charge in [0, 0.05) is 29.7 Å². The molecule has 114 valence electrons. The minimum atomic E-state index is -0.136. The second-order valence-electron chi connectivity index (χ2n) is 5.63. The Morgan fingerprint density at radius 1 is 1.23 bits per heavy atom. The molecule has 0 spiro atoms. The molecule has 22 heavy (non-hydrogen) atoms. The van der Waals surface area contributed by atoms with E-state index < -0.39 is 0 Å². The Morgan fingerprint density at radius 3 is 2.68 bits per heavy atom. The number of carbonyl (C=O) groups is 1. The van der Waals surface area contributed by atoms with Gasteiger partial charge in [0.05, 0.1) is 11.8 Å². The number of fused-ring (bicyclic) bond motifs is 1. The van der Waals surface area contributed by atoms with E-state index in [1.807, 2.05) is 19.9 Å². The summed E-state index contributed by atoms with van der Waals surface area (Å²) >= 11 is 0. The molecule has 0 aliphatic rings. The third-order valence-corrected chi connectivity index (χ3v) is 3.78. The zero-order chi connectivity index (χ0) is 15.9. The summed E-state index contributed by atoms with van der Waals surface area (Å²) in [6.07, 6.45) is 3.31. The molecule has 3 rings (SSSR count). The number of nitrogens with one attached hydrogen (secondary N) is 1. The first-order valence-corrected chi connectivity index (χ1v) is 7.27. The lowest BCUT2D eigenvalue weighted by Crippen LogP contribution is -2.16. The number of aryl methyl sites for hydroxylation is 1. The molecule has 0 aliphatic carbocycles. The first-order valence-electron chi connectivity index (χ1n) is 7.27.